The van der Waals surface area contributed by atoms with Crippen LogP contribution in [0.25, 0.3) is 0 Å². The van der Waals surface area contributed by atoms with Gasteiger partial charge in [-0.25, -0.2) is 0 Å². The molecule has 2 aliphatic heterocycles. The molecule has 2 heterocycles. The fourth-order valence-electron chi connectivity index (χ4n) is 4.25. The summed E-state index contributed by atoms with van der Waals surface area (Å²) in [6.07, 6.45) is 3.12. The SMILES string of the molecule is C.CCOC(=O)[C@H]1CC/C(=N\OCc2ccccc2)CN1.CCOC(=O)[C@H]1CCC(NOCc2ccccc2)CN1. The summed E-state index contributed by atoms with van der Waals surface area (Å²) in [6.45, 7) is 6.76. The van der Waals surface area contributed by atoms with Crippen molar-refractivity contribution in [2.45, 2.75) is 78.3 Å². The lowest BCUT2D eigenvalue weighted by atomic mass is 10.0. The van der Waals surface area contributed by atoms with E-state index in [1.54, 1.807) is 0 Å². The summed E-state index contributed by atoms with van der Waals surface area (Å²) in [5.74, 6) is -0.340. The first-order chi connectivity index (χ1) is 19.6. The lowest BCUT2D eigenvalue weighted by Crippen LogP contribution is -2.51. The number of hydroxylamine groups is 1. The van der Waals surface area contributed by atoms with Crippen LogP contribution in [0.3, 0.4) is 0 Å². The second-order valence-electron chi connectivity index (χ2n) is 9.52. The molecule has 2 fully saturated rings. The zero-order valence-corrected chi connectivity index (χ0v) is 23.5. The van der Waals surface area contributed by atoms with Crippen LogP contribution in [0, 0.1) is 0 Å². The van der Waals surface area contributed by atoms with Gasteiger partial charge in [-0.15, -0.1) is 0 Å². The highest BCUT2D eigenvalue weighted by atomic mass is 16.6. The molecule has 0 amide bonds. The van der Waals surface area contributed by atoms with Gasteiger partial charge in [-0.05, 0) is 50.7 Å². The van der Waals surface area contributed by atoms with Crippen molar-refractivity contribution in [3.05, 3.63) is 71.8 Å². The molecule has 10 heteroatoms. The molecule has 0 aliphatic carbocycles. The Labute approximate surface area is 244 Å². The first-order valence-corrected chi connectivity index (χ1v) is 14.0. The fraction of sp³-hybridized carbons (Fsp3) is 0.516. The molecule has 2 aliphatic rings. The van der Waals surface area contributed by atoms with E-state index >= 15 is 0 Å². The van der Waals surface area contributed by atoms with Gasteiger partial charge in [0.25, 0.3) is 0 Å². The number of carbonyl (C=O) groups is 2. The molecule has 0 aromatic heterocycles. The quantitative estimate of drug-likeness (QED) is 0.273. The van der Waals surface area contributed by atoms with Crippen LogP contribution in [-0.4, -0.2) is 62.1 Å². The van der Waals surface area contributed by atoms with Crippen LogP contribution < -0.4 is 16.1 Å². The number of nitrogens with zero attached hydrogens (tertiary/aromatic N) is 1. The topological polar surface area (TPSA) is 120 Å². The van der Waals surface area contributed by atoms with Gasteiger partial charge in [0, 0.05) is 19.1 Å². The van der Waals surface area contributed by atoms with Crippen LogP contribution in [-0.2, 0) is 42.0 Å². The van der Waals surface area contributed by atoms with Crippen LogP contribution in [0.15, 0.2) is 65.8 Å². The lowest BCUT2D eigenvalue weighted by molar-refractivity contribution is -0.147. The van der Waals surface area contributed by atoms with Crippen LogP contribution in [0.5, 0.6) is 0 Å². The molecule has 0 spiro atoms. The number of carbonyl (C=O) groups excluding carboxylic acids is 2. The van der Waals surface area contributed by atoms with Gasteiger partial charge in [-0.2, -0.15) is 5.48 Å². The molecule has 41 heavy (non-hydrogen) atoms. The maximum absolute atomic E-state index is 11.6. The van der Waals surface area contributed by atoms with E-state index in [0.29, 0.717) is 45.9 Å². The molecule has 0 bridgehead atoms. The zero-order valence-electron chi connectivity index (χ0n) is 23.5. The van der Waals surface area contributed by atoms with E-state index in [0.717, 1.165) is 36.1 Å². The van der Waals surface area contributed by atoms with Gasteiger partial charge in [-0.1, -0.05) is 73.2 Å². The maximum atomic E-state index is 11.6. The molecule has 3 atom stereocenters. The minimum absolute atomic E-state index is 0. The van der Waals surface area contributed by atoms with Crippen molar-refractivity contribution in [2.24, 2.45) is 5.16 Å². The number of nitrogens with one attached hydrogen (secondary N) is 3. The first-order valence-electron chi connectivity index (χ1n) is 14.0. The molecule has 3 N–H and O–H groups in total. The lowest BCUT2D eigenvalue weighted by Gasteiger charge is -2.28. The predicted octanol–water partition coefficient (Wildman–Crippen LogP) is 3.90. The molecule has 1 unspecified atom stereocenters. The third-order valence-electron chi connectivity index (χ3n) is 6.43. The number of esters is 2. The van der Waals surface area contributed by atoms with Gasteiger partial charge in [-0.3, -0.25) is 19.7 Å². The zero-order chi connectivity index (χ0) is 28.4. The monoisotopic (exact) mass is 570 g/mol. The van der Waals surface area contributed by atoms with Crippen molar-refractivity contribution >= 4 is 17.7 Å². The van der Waals surface area contributed by atoms with Gasteiger partial charge in [0.15, 0.2) is 0 Å². The Bertz CT molecular complexity index is 1020. The molecule has 2 aromatic carbocycles. The van der Waals surface area contributed by atoms with E-state index in [2.05, 4.69) is 21.3 Å². The number of ether oxygens (including phenoxy) is 2. The van der Waals surface area contributed by atoms with Crippen molar-refractivity contribution in [1.29, 1.82) is 0 Å². The average molecular weight is 571 g/mol. The summed E-state index contributed by atoms with van der Waals surface area (Å²) < 4.78 is 9.99. The van der Waals surface area contributed by atoms with Crippen LogP contribution in [0.1, 0.15) is 58.1 Å². The minimum atomic E-state index is -0.219. The van der Waals surface area contributed by atoms with Crippen molar-refractivity contribution < 1.29 is 28.7 Å². The largest absolute Gasteiger partial charge is 0.465 e. The standard InChI is InChI=1S/C15H22N2O3.C15H20N2O3.CH4/c2*1-2-19-15(18)14-9-8-13(10-16-14)17-20-11-12-6-4-3-5-7-12;/h3-7,13-14,16-17H,2,8-11H2,1H3;3-7,14,16H,2,8-11H2,1H3;1H4/b;17-13+;/t13?,14-;14-;/m11./s1. The van der Waals surface area contributed by atoms with Crippen molar-refractivity contribution in [1.82, 2.24) is 16.1 Å². The van der Waals surface area contributed by atoms with Gasteiger partial charge >= 0.3 is 11.9 Å². The summed E-state index contributed by atoms with van der Waals surface area (Å²) in [5, 5.41) is 10.4. The Balaban J connectivity index is 0.000000280. The van der Waals surface area contributed by atoms with Crippen LogP contribution in [0.4, 0.5) is 0 Å². The Morgan fingerprint density at radius 3 is 1.93 bits per heavy atom. The van der Waals surface area contributed by atoms with Crippen molar-refractivity contribution in [2.75, 3.05) is 26.3 Å². The molecule has 2 aromatic rings. The molecule has 10 nitrogen and oxygen atoms in total. The van der Waals surface area contributed by atoms with Gasteiger partial charge in [0.2, 0.25) is 0 Å². The van der Waals surface area contributed by atoms with E-state index < -0.39 is 0 Å². The molecular formula is C31H46N4O6. The van der Waals surface area contributed by atoms with Crippen molar-refractivity contribution in [3.8, 4) is 0 Å². The van der Waals surface area contributed by atoms with E-state index in [-0.39, 0.29) is 37.5 Å². The van der Waals surface area contributed by atoms with E-state index in [1.807, 2.05) is 74.5 Å². The smallest absolute Gasteiger partial charge is 0.323 e. The molecule has 0 radical (unpaired) electrons. The highest BCUT2D eigenvalue weighted by Crippen LogP contribution is 2.11. The third-order valence-corrected chi connectivity index (χ3v) is 6.43. The first kappa shape index (κ1) is 33.9. The Morgan fingerprint density at radius 1 is 0.829 bits per heavy atom. The number of benzene rings is 2. The van der Waals surface area contributed by atoms with Crippen LogP contribution >= 0.6 is 0 Å². The highest BCUT2D eigenvalue weighted by Gasteiger charge is 2.27. The number of oxime groups is 1. The predicted molar refractivity (Wildman–Crippen MR) is 159 cm³/mol. The van der Waals surface area contributed by atoms with E-state index in [9.17, 15) is 9.59 Å². The van der Waals surface area contributed by atoms with Gasteiger partial charge in [0.05, 0.1) is 25.5 Å². The fourth-order valence-corrected chi connectivity index (χ4v) is 4.25. The van der Waals surface area contributed by atoms with Gasteiger partial charge in [0.1, 0.15) is 18.7 Å². The summed E-state index contributed by atoms with van der Waals surface area (Å²) in [4.78, 5) is 33.9. The molecule has 226 valence electrons. The summed E-state index contributed by atoms with van der Waals surface area (Å²) >= 11 is 0. The summed E-state index contributed by atoms with van der Waals surface area (Å²) in [6, 6.07) is 19.7. The number of hydrogen-bond acceptors (Lipinski definition) is 10. The molecule has 2 saturated heterocycles. The van der Waals surface area contributed by atoms with E-state index in [1.165, 1.54) is 0 Å². The molecule has 0 saturated carbocycles. The number of hydrogen-bond donors (Lipinski definition) is 3. The molecular weight excluding hydrogens is 524 g/mol. The Hall–Kier alpha value is -3.31. The normalized spacial score (nSPS) is 21.0. The summed E-state index contributed by atoms with van der Waals surface area (Å²) in [5.41, 5.74) is 6.20. The second-order valence-corrected chi connectivity index (χ2v) is 9.52. The van der Waals surface area contributed by atoms with Crippen LogP contribution in [0.2, 0.25) is 0 Å². The summed E-state index contributed by atoms with van der Waals surface area (Å²) in [7, 11) is 0. The number of rotatable bonds is 11. The second kappa shape index (κ2) is 19.7. The average Bonchev–Trinajstić information content (AvgIpc) is 2.99. The van der Waals surface area contributed by atoms with Crippen molar-refractivity contribution in [3.63, 3.8) is 0 Å². The molecule has 4 rings (SSSR count). The van der Waals surface area contributed by atoms with E-state index in [4.69, 9.17) is 19.1 Å². The Kier molecular flexibility index (Phi) is 16.3. The highest BCUT2D eigenvalue weighted by molar-refractivity contribution is 5.89. The Morgan fingerprint density at radius 2 is 1.41 bits per heavy atom. The minimum Gasteiger partial charge on any atom is -0.465 e. The third kappa shape index (κ3) is 12.8. The maximum Gasteiger partial charge on any atom is 0.323 e. The van der Waals surface area contributed by atoms with Gasteiger partial charge < -0.3 is 19.6 Å². The number of piperidine rings is 2.